The number of nitrogens with zero attached hydrogens (tertiary/aromatic N) is 1. The zero-order valence-corrected chi connectivity index (χ0v) is 21.7. The molecule has 0 heterocycles. The van der Waals surface area contributed by atoms with Gasteiger partial charge in [0.1, 0.15) is 18.1 Å². The topological polar surface area (TPSA) is 252 Å². The molecule has 15 heteroatoms. The predicted molar refractivity (Wildman–Crippen MR) is 136 cm³/mol. The first kappa shape index (κ1) is 32.9. The van der Waals surface area contributed by atoms with Gasteiger partial charge < -0.3 is 43.4 Å². The molecular weight excluding hydrogens is 494 g/mol. The second-order valence-corrected chi connectivity index (χ2v) is 9.25. The number of hydrogen-bond acceptors (Lipinski definition) is 8. The summed E-state index contributed by atoms with van der Waals surface area (Å²) in [4.78, 5) is 64.8. The summed E-state index contributed by atoms with van der Waals surface area (Å²) < 4.78 is 0. The zero-order valence-electron chi connectivity index (χ0n) is 20.9. The molecule has 0 saturated heterocycles. The summed E-state index contributed by atoms with van der Waals surface area (Å²) in [7, 11) is 0. The van der Waals surface area contributed by atoms with Gasteiger partial charge >= 0.3 is 11.9 Å². The van der Waals surface area contributed by atoms with Crippen LogP contribution in [-0.2, 0) is 24.0 Å². The van der Waals surface area contributed by atoms with Gasteiger partial charge in [-0.2, -0.15) is 11.8 Å². The van der Waals surface area contributed by atoms with Crippen molar-refractivity contribution in [3.05, 3.63) is 0 Å². The highest BCUT2D eigenvalue weighted by atomic mass is 32.2. The van der Waals surface area contributed by atoms with E-state index in [1.165, 1.54) is 11.8 Å². The van der Waals surface area contributed by atoms with E-state index >= 15 is 0 Å². The number of thioether (sulfide) groups is 1. The van der Waals surface area contributed by atoms with Gasteiger partial charge in [0, 0.05) is 6.54 Å². The third kappa shape index (κ3) is 13.1. The molecule has 0 aliphatic heterocycles. The maximum Gasteiger partial charge on any atom is 0.326 e. The van der Waals surface area contributed by atoms with E-state index in [2.05, 4.69) is 20.9 Å². The van der Waals surface area contributed by atoms with Crippen LogP contribution in [0.1, 0.15) is 46.0 Å². The highest BCUT2D eigenvalue weighted by Gasteiger charge is 2.31. The summed E-state index contributed by atoms with van der Waals surface area (Å²) in [5, 5.41) is 25.8. The van der Waals surface area contributed by atoms with E-state index in [4.69, 9.17) is 17.2 Å². The maximum absolute atomic E-state index is 12.9. The molecule has 0 aromatic rings. The normalized spacial score (nSPS) is 14.9. The molecule has 206 valence electrons. The number of nitrogens with one attached hydrogen (secondary N) is 3. The van der Waals surface area contributed by atoms with E-state index in [-0.39, 0.29) is 37.7 Å². The number of rotatable bonds is 18. The summed E-state index contributed by atoms with van der Waals surface area (Å²) in [5.74, 6) is -4.89. The highest BCUT2D eigenvalue weighted by molar-refractivity contribution is 7.98. The summed E-state index contributed by atoms with van der Waals surface area (Å²) in [5.41, 5.74) is 16.3. The Balaban J connectivity index is 5.48. The number of hydrogen-bond donors (Lipinski definition) is 8. The number of carbonyl (C=O) groups excluding carboxylic acids is 3. The monoisotopic (exact) mass is 533 g/mol. The maximum atomic E-state index is 12.9. The first-order valence-corrected chi connectivity index (χ1v) is 12.9. The van der Waals surface area contributed by atoms with Gasteiger partial charge in [-0.25, -0.2) is 4.79 Å². The Morgan fingerprint density at radius 3 is 1.97 bits per heavy atom. The van der Waals surface area contributed by atoms with Crippen LogP contribution >= 0.6 is 11.8 Å². The van der Waals surface area contributed by atoms with Gasteiger partial charge in [0.05, 0.1) is 12.5 Å². The molecule has 0 rings (SSSR count). The zero-order chi connectivity index (χ0) is 27.8. The lowest BCUT2D eigenvalue weighted by Crippen LogP contribution is -2.58. The number of aliphatic imine (C=N–C) groups is 1. The molecule has 14 nitrogen and oxygen atoms in total. The first-order chi connectivity index (χ1) is 16.8. The molecule has 0 aliphatic rings. The highest BCUT2D eigenvalue weighted by Crippen LogP contribution is 2.08. The predicted octanol–water partition coefficient (Wildman–Crippen LogP) is -1.82. The van der Waals surface area contributed by atoms with Gasteiger partial charge in [-0.15, -0.1) is 0 Å². The second-order valence-electron chi connectivity index (χ2n) is 8.26. The van der Waals surface area contributed by atoms with E-state index in [0.29, 0.717) is 12.2 Å². The number of aliphatic carboxylic acids is 2. The SMILES string of the molecule is CCC(C)C(N)C(=O)NC(CC(=O)O)C(=O)NC(CCSC)C(=O)NC(CCCN=C(N)N)C(=O)O. The summed E-state index contributed by atoms with van der Waals surface area (Å²) in [6.07, 6.45) is 2.10. The molecule has 11 N–H and O–H groups in total. The molecule has 5 unspecified atom stereocenters. The minimum absolute atomic E-state index is 0.0340. The number of amides is 3. The van der Waals surface area contributed by atoms with Crippen molar-refractivity contribution in [3.63, 3.8) is 0 Å². The minimum Gasteiger partial charge on any atom is -0.481 e. The molecular formula is C21H39N7O7S. The van der Waals surface area contributed by atoms with Gasteiger partial charge in [-0.3, -0.25) is 24.2 Å². The Hall–Kier alpha value is -3.07. The van der Waals surface area contributed by atoms with Crippen molar-refractivity contribution in [1.82, 2.24) is 16.0 Å². The van der Waals surface area contributed by atoms with Crippen molar-refractivity contribution in [3.8, 4) is 0 Å². The van der Waals surface area contributed by atoms with Crippen LogP contribution in [0.5, 0.6) is 0 Å². The fourth-order valence-corrected chi connectivity index (χ4v) is 3.45. The van der Waals surface area contributed by atoms with Gasteiger partial charge in [0.15, 0.2) is 5.96 Å². The van der Waals surface area contributed by atoms with E-state index in [9.17, 15) is 34.2 Å². The Bertz CT molecular complexity index is 793. The number of carbonyl (C=O) groups is 5. The van der Waals surface area contributed by atoms with Crippen LogP contribution in [-0.4, -0.2) is 88.6 Å². The standard InChI is InChI=1S/C21H39N7O7S/c1-4-11(2)16(22)19(33)28-14(10-15(29)30)18(32)26-12(7-9-36-3)17(31)27-13(20(34)35)6-5-8-25-21(23)24/h11-14,16H,4-10,22H2,1-3H3,(H,26,32)(H,27,31)(H,28,33)(H,29,30)(H,34,35)(H4,23,24,25). The fourth-order valence-electron chi connectivity index (χ4n) is 2.97. The van der Waals surface area contributed by atoms with Crippen LogP contribution in [0.15, 0.2) is 4.99 Å². The Kier molecular flexibility index (Phi) is 15.9. The molecule has 0 aromatic heterocycles. The Labute approximate surface area is 214 Å². The fraction of sp³-hybridized carbons (Fsp3) is 0.714. The molecule has 0 bridgehead atoms. The molecule has 0 saturated carbocycles. The molecule has 0 aromatic carbocycles. The lowest BCUT2D eigenvalue weighted by Gasteiger charge is -2.25. The summed E-state index contributed by atoms with van der Waals surface area (Å²) in [6.45, 7) is 3.75. The molecule has 0 spiro atoms. The second kappa shape index (κ2) is 17.4. The lowest BCUT2D eigenvalue weighted by atomic mass is 9.99. The number of carboxylic acids is 2. The van der Waals surface area contributed by atoms with Crippen molar-refractivity contribution in [2.24, 2.45) is 28.1 Å². The molecule has 5 atom stereocenters. The third-order valence-corrected chi connectivity index (χ3v) is 6.02. The van der Waals surface area contributed by atoms with Crippen molar-refractivity contribution in [1.29, 1.82) is 0 Å². The van der Waals surface area contributed by atoms with Gasteiger partial charge in [-0.05, 0) is 37.2 Å². The molecule has 0 aliphatic carbocycles. The van der Waals surface area contributed by atoms with Crippen molar-refractivity contribution in [2.75, 3.05) is 18.6 Å². The van der Waals surface area contributed by atoms with Crippen molar-refractivity contribution >= 4 is 47.4 Å². The van der Waals surface area contributed by atoms with E-state index in [0.717, 1.165) is 0 Å². The molecule has 0 fully saturated rings. The largest absolute Gasteiger partial charge is 0.481 e. The minimum atomic E-state index is -1.48. The van der Waals surface area contributed by atoms with Gasteiger partial charge in [-0.1, -0.05) is 20.3 Å². The molecule has 3 amide bonds. The van der Waals surface area contributed by atoms with E-state index in [1.807, 2.05) is 6.92 Å². The number of carboxylic acid groups (broad SMARTS) is 2. The Morgan fingerprint density at radius 2 is 1.47 bits per heavy atom. The first-order valence-electron chi connectivity index (χ1n) is 11.5. The quantitative estimate of drug-likeness (QED) is 0.0553. The van der Waals surface area contributed by atoms with Crippen LogP contribution in [0, 0.1) is 5.92 Å². The Morgan fingerprint density at radius 1 is 0.917 bits per heavy atom. The third-order valence-electron chi connectivity index (χ3n) is 5.37. The molecule has 36 heavy (non-hydrogen) atoms. The van der Waals surface area contributed by atoms with Crippen LogP contribution in [0.2, 0.25) is 0 Å². The average Bonchev–Trinajstić information content (AvgIpc) is 2.80. The van der Waals surface area contributed by atoms with Crippen LogP contribution in [0.3, 0.4) is 0 Å². The smallest absolute Gasteiger partial charge is 0.326 e. The van der Waals surface area contributed by atoms with Crippen LogP contribution < -0.4 is 33.2 Å². The average molecular weight is 534 g/mol. The van der Waals surface area contributed by atoms with Crippen molar-refractivity contribution in [2.45, 2.75) is 70.1 Å². The van der Waals surface area contributed by atoms with E-state index < -0.39 is 60.2 Å². The van der Waals surface area contributed by atoms with Crippen LogP contribution in [0.25, 0.3) is 0 Å². The van der Waals surface area contributed by atoms with Crippen molar-refractivity contribution < 1.29 is 34.2 Å². The summed E-state index contributed by atoms with van der Waals surface area (Å²) in [6, 6.07) is -4.86. The lowest BCUT2D eigenvalue weighted by molar-refractivity contribution is -0.143. The summed E-state index contributed by atoms with van der Waals surface area (Å²) >= 11 is 1.39. The van der Waals surface area contributed by atoms with Gasteiger partial charge in [0.25, 0.3) is 0 Å². The van der Waals surface area contributed by atoms with E-state index in [1.54, 1.807) is 13.2 Å². The number of guanidine groups is 1. The van der Waals surface area contributed by atoms with Gasteiger partial charge in [0.2, 0.25) is 17.7 Å². The number of nitrogens with two attached hydrogens (primary N) is 3. The van der Waals surface area contributed by atoms with Crippen LogP contribution in [0.4, 0.5) is 0 Å². The molecule has 0 radical (unpaired) electrons.